The zero-order chi connectivity index (χ0) is 22.4. The molecule has 1 aromatic carbocycles. The molecule has 8 atom stereocenters. The summed E-state index contributed by atoms with van der Waals surface area (Å²) < 4.78 is 13.3. The first-order valence-electron chi connectivity index (χ1n) is 13.1. The van der Waals surface area contributed by atoms with E-state index in [9.17, 15) is 9.18 Å². The molecule has 1 aromatic rings. The number of fused-ring (bicyclic) bond motifs is 5. The van der Waals surface area contributed by atoms with Crippen LogP contribution in [0.5, 0.6) is 0 Å². The van der Waals surface area contributed by atoms with E-state index in [0.717, 1.165) is 30.1 Å². The molecule has 0 saturated heterocycles. The number of halogens is 1. The lowest BCUT2D eigenvalue weighted by Gasteiger charge is -2.61. The fourth-order valence-corrected chi connectivity index (χ4v) is 8.72. The normalized spacial score (nSPS) is 43.7. The summed E-state index contributed by atoms with van der Waals surface area (Å²) in [5, 5.41) is 0. The molecule has 0 aromatic heterocycles. The average Bonchev–Trinajstić information content (AvgIpc) is 3.13. The third-order valence-corrected chi connectivity index (χ3v) is 10.4. The Kier molecular flexibility index (Phi) is 6.41. The maximum Gasteiger partial charge on any atom is 0.166 e. The summed E-state index contributed by atoms with van der Waals surface area (Å²) in [7, 11) is 0. The van der Waals surface area contributed by atoms with E-state index >= 15 is 0 Å². The van der Waals surface area contributed by atoms with Gasteiger partial charge < -0.3 is 0 Å². The van der Waals surface area contributed by atoms with Crippen LogP contribution in [0, 0.1) is 52.2 Å². The van der Waals surface area contributed by atoms with Crippen molar-refractivity contribution < 1.29 is 9.18 Å². The Balaban J connectivity index is 0.00000112. The number of Topliss-reactive ketones (excluding diaryl/α,β-unsaturated/α-hetero) is 1. The van der Waals surface area contributed by atoms with Gasteiger partial charge in [-0.15, -0.1) is 0 Å². The van der Waals surface area contributed by atoms with Crippen LogP contribution in [0.25, 0.3) is 0 Å². The zero-order valence-electron chi connectivity index (χ0n) is 20.4. The summed E-state index contributed by atoms with van der Waals surface area (Å²) in [6, 6.07) is 6.25. The molecule has 5 rings (SSSR count). The van der Waals surface area contributed by atoms with Gasteiger partial charge in [0.05, 0.1) is 0 Å². The van der Waals surface area contributed by atoms with E-state index < -0.39 is 0 Å². The molecule has 172 valence electrons. The largest absolute Gasteiger partial charge is 0.294 e. The minimum atomic E-state index is -0.260. The third kappa shape index (κ3) is 3.70. The summed E-state index contributed by atoms with van der Waals surface area (Å²) in [6.07, 6.45) is 11.8. The molecule has 4 aliphatic carbocycles. The van der Waals surface area contributed by atoms with Gasteiger partial charge in [-0.25, -0.2) is 4.39 Å². The molecule has 4 aliphatic rings. The molecular formula is C29H43FO. The van der Waals surface area contributed by atoms with Gasteiger partial charge in [0.2, 0.25) is 0 Å². The van der Waals surface area contributed by atoms with Gasteiger partial charge >= 0.3 is 0 Å². The van der Waals surface area contributed by atoms with Gasteiger partial charge in [0.15, 0.2) is 5.78 Å². The summed E-state index contributed by atoms with van der Waals surface area (Å²) >= 11 is 0. The molecule has 0 bridgehead atoms. The molecule has 1 nitrogen and oxygen atoms in total. The highest BCUT2D eigenvalue weighted by molar-refractivity contribution is 5.98. The van der Waals surface area contributed by atoms with E-state index in [-0.39, 0.29) is 22.9 Å². The molecule has 8 unspecified atom stereocenters. The maximum absolute atomic E-state index is 13.4. The predicted octanol–water partition coefficient (Wildman–Crippen LogP) is 8.33. The van der Waals surface area contributed by atoms with Gasteiger partial charge in [0, 0.05) is 11.5 Å². The lowest BCUT2D eigenvalue weighted by molar-refractivity contribution is -0.114. The van der Waals surface area contributed by atoms with Crippen molar-refractivity contribution in [2.45, 2.75) is 92.4 Å². The first-order chi connectivity index (χ1) is 14.8. The van der Waals surface area contributed by atoms with Crippen molar-refractivity contribution in [3.05, 3.63) is 35.6 Å². The second kappa shape index (κ2) is 8.64. The summed E-state index contributed by atoms with van der Waals surface area (Å²) in [5.74, 6) is 4.34. The molecule has 2 heteroatoms. The summed E-state index contributed by atoms with van der Waals surface area (Å²) in [6.45, 7) is 11.5. The molecule has 4 fully saturated rings. The fourth-order valence-electron chi connectivity index (χ4n) is 8.72. The van der Waals surface area contributed by atoms with E-state index in [4.69, 9.17) is 0 Å². The van der Waals surface area contributed by atoms with Gasteiger partial charge in [-0.1, -0.05) is 41.0 Å². The fraction of sp³-hybridized carbons (Fsp3) is 0.759. The Morgan fingerprint density at radius 1 is 0.871 bits per heavy atom. The van der Waals surface area contributed by atoms with E-state index in [0.29, 0.717) is 16.9 Å². The van der Waals surface area contributed by atoms with Crippen molar-refractivity contribution in [3.8, 4) is 0 Å². The Bertz CT molecular complexity index is 784. The lowest BCUT2D eigenvalue weighted by atomic mass is 9.44. The molecule has 0 amide bonds. The third-order valence-electron chi connectivity index (χ3n) is 10.4. The number of carbonyl (C=O) groups excluding carboxylic acids is 1. The Morgan fingerprint density at radius 3 is 2.23 bits per heavy atom. The second-order valence-corrected chi connectivity index (χ2v) is 11.6. The second-order valence-electron chi connectivity index (χ2n) is 11.6. The van der Waals surface area contributed by atoms with Crippen LogP contribution in [0.1, 0.15) is 103 Å². The highest BCUT2D eigenvalue weighted by atomic mass is 19.1. The van der Waals surface area contributed by atoms with Crippen LogP contribution in [0.15, 0.2) is 24.3 Å². The van der Waals surface area contributed by atoms with Crippen LogP contribution in [0.4, 0.5) is 4.39 Å². The number of carbonyl (C=O) groups is 1. The number of ketones is 1. The van der Waals surface area contributed by atoms with Gasteiger partial charge in [0.25, 0.3) is 0 Å². The van der Waals surface area contributed by atoms with E-state index in [1.807, 2.05) is 13.8 Å². The smallest absolute Gasteiger partial charge is 0.166 e. The average molecular weight is 427 g/mol. The van der Waals surface area contributed by atoms with Crippen molar-refractivity contribution in [1.82, 2.24) is 0 Å². The molecule has 0 radical (unpaired) electrons. The van der Waals surface area contributed by atoms with Crippen molar-refractivity contribution in [3.63, 3.8) is 0 Å². The van der Waals surface area contributed by atoms with E-state index in [1.165, 1.54) is 63.5 Å². The first-order valence-corrected chi connectivity index (χ1v) is 13.1. The molecule has 0 spiro atoms. The van der Waals surface area contributed by atoms with Crippen molar-refractivity contribution >= 4 is 5.78 Å². The molecule has 31 heavy (non-hydrogen) atoms. The number of hydrogen-bond donors (Lipinski definition) is 0. The minimum Gasteiger partial charge on any atom is -0.294 e. The molecule has 4 saturated carbocycles. The zero-order valence-corrected chi connectivity index (χ0v) is 20.4. The van der Waals surface area contributed by atoms with Gasteiger partial charge in [-0.3, -0.25) is 4.79 Å². The number of benzene rings is 1. The number of hydrogen-bond acceptors (Lipinski definition) is 1. The molecule has 0 heterocycles. The number of rotatable bonds is 2. The van der Waals surface area contributed by atoms with Crippen molar-refractivity contribution in [2.24, 2.45) is 46.3 Å². The minimum absolute atomic E-state index is 0.121. The van der Waals surface area contributed by atoms with E-state index in [2.05, 4.69) is 20.8 Å². The standard InChI is InChI=1S/C27H37FO.C2H6/c1-17-12-14-26(2)19(16-17)6-9-21-22-10-11-24(27(22,3)15-13-23(21)26)25(29)18-4-7-20(28)8-5-18;1-2/h4-5,7-8,17,19,21-24H,6,9-16H2,1-3H3;1-2H3. The van der Waals surface area contributed by atoms with Crippen LogP contribution in [0.2, 0.25) is 0 Å². The topological polar surface area (TPSA) is 17.1 Å². The van der Waals surface area contributed by atoms with Crippen LogP contribution in [-0.2, 0) is 0 Å². The first kappa shape index (κ1) is 23.0. The maximum atomic E-state index is 13.4. The van der Waals surface area contributed by atoms with Gasteiger partial charge in [-0.2, -0.15) is 0 Å². The Hall–Kier alpha value is -1.18. The summed E-state index contributed by atoms with van der Waals surface area (Å²) in [5.41, 5.74) is 1.38. The Morgan fingerprint density at radius 2 is 1.52 bits per heavy atom. The monoisotopic (exact) mass is 426 g/mol. The predicted molar refractivity (Wildman–Crippen MR) is 126 cm³/mol. The van der Waals surface area contributed by atoms with Crippen LogP contribution in [0.3, 0.4) is 0 Å². The van der Waals surface area contributed by atoms with Crippen molar-refractivity contribution in [1.29, 1.82) is 0 Å². The van der Waals surface area contributed by atoms with E-state index in [1.54, 1.807) is 12.1 Å². The molecular weight excluding hydrogens is 383 g/mol. The van der Waals surface area contributed by atoms with Crippen LogP contribution >= 0.6 is 0 Å². The van der Waals surface area contributed by atoms with Crippen LogP contribution in [-0.4, -0.2) is 5.78 Å². The highest BCUT2D eigenvalue weighted by Crippen LogP contribution is 2.68. The van der Waals surface area contributed by atoms with Crippen molar-refractivity contribution in [2.75, 3.05) is 0 Å². The Labute approximate surface area is 189 Å². The van der Waals surface area contributed by atoms with Gasteiger partial charge in [0.1, 0.15) is 5.82 Å². The lowest BCUT2D eigenvalue weighted by Crippen LogP contribution is -2.53. The summed E-state index contributed by atoms with van der Waals surface area (Å²) in [4.78, 5) is 13.4. The highest BCUT2D eigenvalue weighted by Gasteiger charge is 2.61. The van der Waals surface area contributed by atoms with Gasteiger partial charge in [-0.05, 0) is 116 Å². The quantitative estimate of drug-likeness (QED) is 0.434. The van der Waals surface area contributed by atoms with Crippen LogP contribution < -0.4 is 0 Å². The molecule has 0 aliphatic heterocycles. The SMILES string of the molecule is CC.CC1CCC2(C)C(CCC3C2CCC2(C)C(C(=O)c4ccc(F)cc4)CCC32)C1. The molecule has 0 N–H and O–H groups in total.